The molecule has 0 N–H and O–H groups in total. The van der Waals surface area contributed by atoms with Gasteiger partial charge in [0.25, 0.3) is 6.71 Å². The van der Waals surface area contributed by atoms with Crippen molar-refractivity contribution in [2.24, 2.45) is 11.3 Å². The van der Waals surface area contributed by atoms with E-state index in [0.29, 0.717) is 5.92 Å². The molecule has 1 unspecified atom stereocenters. The van der Waals surface area contributed by atoms with Crippen LogP contribution in [0.25, 0.3) is 58.8 Å². The fraction of sp³-hybridized carbons (Fsp3) is 0.314. The van der Waals surface area contributed by atoms with Crippen molar-refractivity contribution in [1.29, 1.82) is 0 Å². The minimum Gasteiger partial charge on any atom is -0.454 e. The number of fused-ring (bicyclic) bond motifs is 12. The largest absolute Gasteiger partial charge is 0.454 e. The predicted octanol–water partition coefficient (Wildman–Crippen LogP) is 18.3. The number of hydrogen-bond donors (Lipinski definition) is 0. The summed E-state index contributed by atoms with van der Waals surface area (Å²) in [5.41, 5.74) is 21.8. The number of aromatic nitrogens is 1. The molecule has 3 aliphatic rings. The number of hydrogen-bond acceptors (Lipinski definition) is 4. The first kappa shape index (κ1) is 48.9. The molecule has 0 fully saturated rings. The maximum Gasteiger partial charge on any atom is 0.252 e. The average Bonchev–Trinajstić information content (AvgIpc) is 4.22. The topological polar surface area (TPSA) is 24.6 Å². The number of nitrogens with zero attached hydrogens (tertiary/aromatic N) is 3. The number of anilines is 5. The molecule has 5 heterocycles. The van der Waals surface area contributed by atoms with E-state index >= 15 is 0 Å². The van der Waals surface area contributed by atoms with Crippen LogP contribution in [0.2, 0.25) is 0 Å². The van der Waals surface area contributed by atoms with Gasteiger partial charge >= 0.3 is 0 Å². The molecule has 0 spiro atoms. The molecule has 0 radical (unpaired) electrons. The van der Waals surface area contributed by atoms with Crippen LogP contribution in [0.1, 0.15) is 133 Å². The van der Waals surface area contributed by atoms with Gasteiger partial charge in [0.15, 0.2) is 5.58 Å². The van der Waals surface area contributed by atoms with E-state index < -0.39 is 0 Å². The Bertz CT molecular complexity index is 4120. The van der Waals surface area contributed by atoms with Crippen LogP contribution in [-0.4, -0.2) is 11.3 Å². The summed E-state index contributed by atoms with van der Waals surface area (Å²) in [6.07, 6.45) is 8.33. The first-order valence-electron chi connectivity index (χ1n) is 27.7. The van der Waals surface area contributed by atoms with E-state index in [1.54, 1.807) is 0 Å². The van der Waals surface area contributed by atoms with E-state index in [9.17, 15) is 0 Å². The summed E-state index contributed by atoms with van der Waals surface area (Å²) in [6.45, 7) is 35.1. The van der Waals surface area contributed by atoms with Crippen molar-refractivity contribution in [2.75, 3.05) is 9.80 Å². The third-order valence-corrected chi connectivity index (χ3v) is 18.4. The van der Waals surface area contributed by atoms with Crippen molar-refractivity contribution in [2.45, 2.75) is 132 Å². The molecule has 0 saturated heterocycles. The molecule has 76 heavy (non-hydrogen) atoms. The van der Waals surface area contributed by atoms with Gasteiger partial charge in [-0.05, 0) is 145 Å². The van der Waals surface area contributed by atoms with E-state index in [1.165, 1.54) is 98.2 Å². The molecule has 0 saturated carbocycles. The summed E-state index contributed by atoms with van der Waals surface area (Å²) in [5.74, 6) is 0.433. The van der Waals surface area contributed by atoms with Crippen molar-refractivity contribution < 1.29 is 4.42 Å². The lowest BCUT2D eigenvalue weighted by molar-refractivity contribution is 0.293. The smallest absolute Gasteiger partial charge is 0.252 e. The van der Waals surface area contributed by atoms with Gasteiger partial charge < -0.3 is 18.8 Å². The van der Waals surface area contributed by atoms with E-state index in [0.717, 1.165) is 39.9 Å². The molecule has 6 heteroatoms. The molecule has 1 aliphatic carbocycles. The molecule has 3 aromatic heterocycles. The highest BCUT2D eigenvalue weighted by molar-refractivity contribution is 7.26. The van der Waals surface area contributed by atoms with Gasteiger partial charge in [-0.1, -0.05) is 183 Å². The average molecular weight is 1010 g/mol. The summed E-state index contributed by atoms with van der Waals surface area (Å²) >= 11 is 1.94. The van der Waals surface area contributed by atoms with Gasteiger partial charge in [0.1, 0.15) is 11.1 Å². The molecule has 10 aromatic rings. The molecule has 382 valence electrons. The Morgan fingerprint density at radius 2 is 1.18 bits per heavy atom. The van der Waals surface area contributed by atoms with E-state index in [2.05, 4.69) is 264 Å². The Morgan fingerprint density at radius 3 is 1.87 bits per heavy atom. The van der Waals surface area contributed by atoms with Crippen LogP contribution in [0.5, 0.6) is 0 Å². The molecule has 7 aromatic carbocycles. The van der Waals surface area contributed by atoms with Crippen molar-refractivity contribution in [3.8, 4) is 5.69 Å². The van der Waals surface area contributed by atoms with Crippen LogP contribution >= 0.6 is 11.3 Å². The molecular weight excluding hydrogens is 942 g/mol. The quantitative estimate of drug-likeness (QED) is 0.164. The molecule has 0 bridgehead atoms. The lowest BCUT2D eigenvalue weighted by Crippen LogP contribution is -2.60. The number of rotatable bonds is 4. The summed E-state index contributed by atoms with van der Waals surface area (Å²) in [5, 5.41) is 4.91. The number of allylic oxidation sites excluding steroid dienone is 3. The molecule has 13 rings (SSSR count). The minimum atomic E-state index is -0.113. The summed E-state index contributed by atoms with van der Waals surface area (Å²) in [4.78, 5) is 5.22. The Balaban J connectivity index is 1.19. The summed E-state index contributed by atoms with van der Waals surface area (Å²) in [6, 6.07) is 49.7. The van der Waals surface area contributed by atoms with Crippen LogP contribution in [0.4, 0.5) is 28.4 Å². The molecule has 4 nitrogen and oxygen atoms in total. The Morgan fingerprint density at radius 1 is 0.526 bits per heavy atom. The van der Waals surface area contributed by atoms with Crippen molar-refractivity contribution in [3.05, 3.63) is 174 Å². The lowest BCUT2D eigenvalue weighted by Gasteiger charge is -2.42. The maximum absolute atomic E-state index is 7.11. The highest BCUT2D eigenvalue weighted by atomic mass is 32.1. The summed E-state index contributed by atoms with van der Waals surface area (Å²) in [7, 11) is 0. The van der Waals surface area contributed by atoms with Gasteiger partial charge in [-0.25, -0.2) is 0 Å². The van der Waals surface area contributed by atoms with Gasteiger partial charge in [-0.2, -0.15) is 0 Å². The van der Waals surface area contributed by atoms with Crippen molar-refractivity contribution in [1.82, 2.24) is 4.57 Å². The standard InChI is InChI=1S/C70H72BN3OS/c1-66(2,3)41-23-29-46(30-24-41)72(47-31-25-42(26-32-47)67(4,5)6)48-39-57-61-58(40-48)74-62-52(64-63(74)51-19-16-17-22-59(51)75-64)35-45(70(13,14)15)36-54(62)71(61)53-34-28-43(68(7,8)9)37-56(53)73(57)55-21-18-20-50-49-33-27-44(69(10,11)12)38-60(49)76-65(50)55/h16-25,27-40,42H,26H2,1-15H3. The fourth-order valence-corrected chi connectivity index (χ4v) is 13.9. The number of para-hydroxylation sites is 1. The second-order valence-corrected chi connectivity index (χ2v) is 28.6. The first-order valence-corrected chi connectivity index (χ1v) is 28.5. The van der Waals surface area contributed by atoms with Crippen LogP contribution in [0.3, 0.4) is 0 Å². The van der Waals surface area contributed by atoms with Crippen LogP contribution in [0.15, 0.2) is 156 Å². The Labute approximate surface area is 454 Å². The molecular formula is C70H72BN3OS. The second kappa shape index (κ2) is 16.4. The minimum absolute atomic E-state index is 0.0127. The third kappa shape index (κ3) is 7.51. The normalized spacial score (nSPS) is 15.9. The molecule has 2 aliphatic heterocycles. The number of benzene rings is 7. The zero-order valence-corrected chi connectivity index (χ0v) is 48.2. The monoisotopic (exact) mass is 1010 g/mol. The zero-order chi connectivity index (χ0) is 53.3. The van der Waals surface area contributed by atoms with Crippen LogP contribution in [-0.2, 0) is 21.7 Å². The Kier molecular flexibility index (Phi) is 10.5. The highest BCUT2D eigenvalue weighted by Crippen LogP contribution is 2.51. The zero-order valence-electron chi connectivity index (χ0n) is 47.4. The van der Waals surface area contributed by atoms with Gasteiger partial charge in [-0.3, -0.25) is 0 Å². The maximum atomic E-state index is 7.11. The van der Waals surface area contributed by atoms with Gasteiger partial charge in [0, 0.05) is 54.7 Å². The lowest BCUT2D eigenvalue weighted by atomic mass is 9.33. The van der Waals surface area contributed by atoms with Gasteiger partial charge in [-0.15, -0.1) is 11.3 Å². The van der Waals surface area contributed by atoms with Crippen LogP contribution < -0.4 is 26.2 Å². The van der Waals surface area contributed by atoms with Gasteiger partial charge in [0.2, 0.25) is 0 Å². The third-order valence-electron chi connectivity index (χ3n) is 17.2. The van der Waals surface area contributed by atoms with E-state index in [-0.39, 0.29) is 33.8 Å². The van der Waals surface area contributed by atoms with Crippen molar-refractivity contribution >= 4 is 116 Å². The SMILES string of the molecule is CC(C)(C)c1ccc(N(C2=CCC(C(C)(C)C)C=C2)c2cc3c4c(c2)-n2c5c(cc(C(C)(C)C)cc5c5oc6ccccc6c52)B4c2ccc(C(C)(C)C)cc2N3c2cccc3c2sc2cc(C(C)(C)C)ccc23)cc1. The van der Waals surface area contributed by atoms with E-state index in [1.807, 2.05) is 11.3 Å². The number of furan rings is 1. The van der Waals surface area contributed by atoms with Crippen molar-refractivity contribution in [3.63, 3.8) is 0 Å². The Hall–Kier alpha value is -6.76. The molecule has 0 amide bonds. The number of thiophene rings is 1. The van der Waals surface area contributed by atoms with Gasteiger partial charge in [0.05, 0.1) is 21.6 Å². The summed E-state index contributed by atoms with van der Waals surface area (Å²) < 4.78 is 12.3. The highest BCUT2D eigenvalue weighted by Gasteiger charge is 2.45. The second-order valence-electron chi connectivity index (χ2n) is 27.6. The predicted molar refractivity (Wildman–Crippen MR) is 331 cm³/mol. The molecule has 1 atom stereocenters. The van der Waals surface area contributed by atoms with Crippen LogP contribution in [0, 0.1) is 11.3 Å². The van der Waals surface area contributed by atoms with E-state index in [4.69, 9.17) is 4.42 Å². The fourth-order valence-electron chi connectivity index (χ4n) is 12.6. The first-order chi connectivity index (χ1) is 35.8.